The standard InChI is InChI=1S/C49H53FN2/c1-9-12-16-31-28-33-23-27-52-39(49(10-2,11-3)36-20-21-38(50)44-43(36)46(52)42(33)37(29-31)48(44,7)8)24-26-51-25-22-32-17-14-19-35-41(32)45(51)40-30(4)15-13-18-34(40)47(35,5)6/h13-15,17-23,25,27-29,39H,9-12,16,24,26H2,1-8H3/q+2. The highest BCUT2D eigenvalue weighted by Gasteiger charge is 2.55. The van der Waals surface area contributed by atoms with Crippen LogP contribution in [0.2, 0.25) is 0 Å². The molecule has 3 heteroatoms. The lowest BCUT2D eigenvalue weighted by molar-refractivity contribution is -0.742. The van der Waals surface area contributed by atoms with E-state index in [1.165, 1.54) is 71.9 Å². The van der Waals surface area contributed by atoms with E-state index in [1.54, 1.807) is 6.07 Å². The SMILES string of the molecule is CCCCc1cc2c3c4[n+](ccc3c1)C(CC[n+]1ccc3cccc5c3c1-c1c(C)cccc1C5(C)C)C(CC)(CC)c1ccc(F)c(c1-4)C2(C)C. The Morgan fingerprint density at radius 3 is 2.19 bits per heavy atom. The molecule has 264 valence electrons. The van der Waals surface area contributed by atoms with E-state index in [0.29, 0.717) is 0 Å². The summed E-state index contributed by atoms with van der Waals surface area (Å²) in [6.07, 6.45) is 11.0. The molecule has 0 N–H and O–H groups in total. The minimum Gasteiger partial charge on any atom is -0.207 e. The van der Waals surface area contributed by atoms with Gasteiger partial charge in [0.2, 0.25) is 11.4 Å². The predicted octanol–water partition coefficient (Wildman–Crippen LogP) is 11.7. The number of pyridine rings is 2. The van der Waals surface area contributed by atoms with E-state index < -0.39 is 5.41 Å². The van der Waals surface area contributed by atoms with Crippen molar-refractivity contribution in [1.29, 1.82) is 0 Å². The third-order valence-electron chi connectivity index (χ3n) is 14.0. The van der Waals surface area contributed by atoms with Gasteiger partial charge < -0.3 is 0 Å². The summed E-state index contributed by atoms with van der Waals surface area (Å²) in [6, 6.07) is 27.4. The van der Waals surface area contributed by atoms with Crippen LogP contribution in [-0.2, 0) is 29.2 Å². The van der Waals surface area contributed by atoms with E-state index in [4.69, 9.17) is 0 Å². The van der Waals surface area contributed by atoms with Crippen molar-refractivity contribution in [1.82, 2.24) is 0 Å². The van der Waals surface area contributed by atoms with Crippen molar-refractivity contribution in [2.45, 2.75) is 123 Å². The van der Waals surface area contributed by atoms with E-state index >= 15 is 4.39 Å². The lowest BCUT2D eigenvalue weighted by atomic mass is 9.59. The molecule has 3 aliphatic rings. The second-order valence-corrected chi connectivity index (χ2v) is 17.2. The largest absolute Gasteiger partial charge is 0.221 e. The van der Waals surface area contributed by atoms with Crippen molar-refractivity contribution >= 4 is 21.5 Å². The lowest BCUT2D eigenvalue weighted by Crippen LogP contribution is -2.58. The van der Waals surface area contributed by atoms with E-state index in [9.17, 15) is 0 Å². The maximum absolute atomic E-state index is 16.5. The summed E-state index contributed by atoms with van der Waals surface area (Å²) in [6.45, 7) is 19.4. The molecule has 1 atom stereocenters. The maximum Gasteiger partial charge on any atom is 0.221 e. The molecule has 1 unspecified atom stereocenters. The fraction of sp³-hybridized carbons (Fsp3) is 0.388. The summed E-state index contributed by atoms with van der Waals surface area (Å²) in [5.74, 6) is -0.0740. The van der Waals surface area contributed by atoms with Crippen molar-refractivity contribution in [2.24, 2.45) is 0 Å². The summed E-state index contributed by atoms with van der Waals surface area (Å²) < 4.78 is 21.6. The topological polar surface area (TPSA) is 7.76 Å². The van der Waals surface area contributed by atoms with Crippen LogP contribution in [0.25, 0.3) is 44.1 Å². The number of fused-ring (bicyclic) bond motifs is 2. The minimum absolute atomic E-state index is 0.0740. The normalized spacial score (nSPS) is 18.1. The van der Waals surface area contributed by atoms with Gasteiger partial charge in [-0.3, -0.25) is 0 Å². The van der Waals surface area contributed by atoms with Gasteiger partial charge in [0.05, 0.1) is 33.7 Å². The molecule has 0 saturated carbocycles. The van der Waals surface area contributed by atoms with Gasteiger partial charge in [-0.05, 0) is 82.8 Å². The molecule has 52 heavy (non-hydrogen) atoms. The number of nitrogens with zero attached hydrogens (tertiary/aromatic N) is 2. The Kier molecular flexibility index (Phi) is 7.44. The highest BCUT2D eigenvalue weighted by molar-refractivity contribution is 6.02. The van der Waals surface area contributed by atoms with E-state index in [1.807, 2.05) is 0 Å². The molecule has 2 nitrogen and oxygen atoms in total. The number of hydrogen-bond acceptors (Lipinski definition) is 0. The van der Waals surface area contributed by atoms with Crippen LogP contribution in [0.15, 0.2) is 85.2 Å². The predicted molar refractivity (Wildman–Crippen MR) is 213 cm³/mol. The molecule has 4 aromatic carbocycles. The Morgan fingerprint density at radius 1 is 0.692 bits per heavy atom. The summed E-state index contributed by atoms with van der Waals surface area (Å²) in [7, 11) is 0. The highest BCUT2D eigenvalue weighted by Crippen LogP contribution is 2.57. The van der Waals surface area contributed by atoms with Crippen molar-refractivity contribution < 1.29 is 13.5 Å². The van der Waals surface area contributed by atoms with E-state index in [0.717, 1.165) is 56.2 Å². The smallest absolute Gasteiger partial charge is 0.207 e. The van der Waals surface area contributed by atoms with Crippen LogP contribution in [0.1, 0.15) is 126 Å². The fourth-order valence-electron chi connectivity index (χ4n) is 11.2. The lowest BCUT2D eigenvalue weighted by Gasteiger charge is -2.45. The van der Waals surface area contributed by atoms with Gasteiger partial charge in [0.1, 0.15) is 5.82 Å². The molecule has 0 saturated heterocycles. The van der Waals surface area contributed by atoms with Crippen LogP contribution in [0.5, 0.6) is 0 Å². The third-order valence-corrected chi connectivity index (χ3v) is 14.0. The molecule has 6 aromatic rings. The number of rotatable bonds is 8. The zero-order chi connectivity index (χ0) is 36.3. The zero-order valence-corrected chi connectivity index (χ0v) is 32.4. The van der Waals surface area contributed by atoms with Gasteiger partial charge in [-0.1, -0.05) is 109 Å². The summed E-state index contributed by atoms with van der Waals surface area (Å²) >= 11 is 0. The summed E-state index contributed by atoms with van der Waals surface area (Å²) in [5, 5.41) is 5.31. The quantitative estimate of drug-likeness (QED) is 0.141. The molecule has 0 radical (unpaired) electrons. The Labute approximate surface area is 309 Å². The van der Waals surface area contributed by atoms with Crippen molar-refractivity contribution in [3.63, 3.8) is 0 Å². The first-order valence-corrected chi connectivity index (χ1v) is 19.9. The molecule has 0 amide bonds. The minimum atomic E-state index is -0.442. The van der Waals surface area contributed by atoms with Gasteiger partial charge in [-0.25, -0.2) is 4.39 Å². The first kappa shape index (κ1) is 33.5. The zero-order valence-electron chi connectivity index (χ0n) is 32.4. The number of aryl methyl sites for hydroxylation is 3. The molecule has 1 aliphatic heterocycles. The van der Waals surface area contributed by atoms with Crippen LogP contribution in [-0.4, -0.2) is 0 Å². The maximum atomic E-state index is 16.5. The number of aromatic nitrogens is 2. The molecule has 9 rings (SSSR count). The second kappa shape index (κ2) is 11.6. The Bertz CT molecular complexity index is 2460. The Balaban J connectivity index is 1.27. The van der Waals surface area contributed by atoms with Gasteiger partial charge in [0.25, 0.3) is 0 Å². The number of hydrogen-bond donors (Lipinski definition) is 0. The molecule has 2 aliphatic carbocycles. The van der Waals surface area contributed by atoms with Crippen molar-refractivity contribution in [3.8, 4) is 22.5 Å². The molecular weight excluding hydrogens is 636 g/mol. The van der Waals surface area contributed by atoms with E-state index in [-0.39, 0.29) is 22.7 Å². The van der Waals surface area contributed by atoms with Crippen LogP contribution in [0, 0.1) is 12.7 Å². The average molecular weight is 689 g/mol. The van der Waals surface area contributed by atoms with Crippen molar-refractivity contribution in [3.05, 3.63) is 130 Å². The molecule has 0 fully saturated rings. The van der Waals surface area contributed by atoms with Gasteiger partial charge in [-0.15, -0.1) is 0 Å². The van der Waals surface area contributed by atoms with Crippen LogP contribution in [0.4, 0.5) is 4.39 Å². The van der Waals surface area contributed by atoms with Crippen LogP contribution in [0.3, 0.4) is 0 Å². The van der Waals surface area contributed by atoms with Gasteiger partial charge in [0, 0.05) is 28.5 Å². The van der Waals surface area contributed by atoms with Gasteiger partial charge in [-0.2, -0.15) is 9.13 Å². The molecule has 2 aromatic heterocycles. The number of halogens is 1. The number of benzene rings is 4. The third kappa shape index (κ3) is 4.29. The monoisotopic (exact) mass is 688 g/mol. The van der Waals surface area contributed by atoms with Crippen LogP contribution >= 0.6 is 0 Å². The molecular formula is C49H53FN2+2. The first-order valence-electron chi connectivity index (χ1n) is 19.9. The molecule has 0 bridgehead atoms. The van der Waals surface area contributed by atoms with Crippen molar-refractivity contribution in [2.75, 3.05) is 0 Å². The number of unbranched alkanes of at least 4 members (excludes halogenated alkanes) is 1. The molecule has 0 spiro atoms. The summed E-state index contributed by atoms with van der Waals surface area (Å²) in [5.41, 5.74) is 13.5. The van der Waals surface area contributed by atoms with Gasteiger partial charge >= 0.3 is 0 Å². The van der Waals surface area contributed by atoms with Crippen LogP contribution < -0.4 is 9.13 Å². The average Bonchev–Trinajstić information content (AvgIpc) is 3.14. The first-order chi connectivity index (χ1) is 25.0. The highest BCUT2D eigenvalue weighted by atomic mass is 19.1. The van der Waals surface area contributed by atoms with E-state index in [2.05, 4.69) is 144 Å². The Morgan fingerprint density at radius 2 is 1.42 bits per heavy atom. The second-order valence-electron chi connectivity index (χ2n) is 17.2. The van der Waals surface area contributed by atoms with Gasteiger partial charge in [0.15, 0.2) is 25.0 Å². The molecule has 3 heterocycles. The summed E-state index contributed by atoms with van der Waals surface area (Å²) in [4.78, 5) is 0. The fourth-order valence-corrected chi connectivity index (χ4v) is 11.2. The Hall–Kier alpha value is -4.37.